The SMILES string of the molecule is C[C@@H]1[C@H]2C[C@@H](Oc3ccc(C(F)(F)F)cn3)[C@H](C2)N1C(=O)c1cc(F)ccc1-n1nccn1. The number of benzene rings is 1. The van der Waals surface area contributed by atoms with Gasteiger partial charge in [-0.3, -0.25) is 4.79 Å². The molecule has 0 N–H and O–H groups in total. The summed E-state index contributed by atoms with van der Waals surface area (Å²) in [6, 6.07) is 5.51. The standard InChI is InChI=1S/C22H19F4N5O2/c1-12-13-8-18(19(9-13)33-20-5-2-14(11-27-20)22(24,25)26)30(12)21(32)16-10-15(23)3-4-17(16)31-28-6-7-29-31/h2-7,10-13,18-19H,8-9H2,1H3/t12-,13-,18+,19-/m1/s1. The van der Waals surface area contributed by atoms with E-state index in [0.29, 0.717) is 18.5 Å². The first-order chi connectivity index (χ1) is 15.7. The fourth-order valence-electron chi connectivity index (χ4n) is 4.80. The third-order valence-electron chi connectivity index (χ3n) is 6.38. The first-order valence-corrected chi connectivity index (χ1v) is 10.4. The van der Waals surface area contributed by atoms with Crippen LogP contribution in [0.15, 0.2) is 48.9 Å². The molecule has 11 heteroatoms. The van der Waals surface area contributed by atoms with E-state index in [4.69, 9.17) is 4.74 Å². The van der Waals surface area contributed by atoms with E-state index in [0.717, 1.165) is 18.3 Å². The van der Waals surface area contributed by atoms with Crippen LogP contribution in [-0.2, 0) is 6.18 Å². The maximum atomic E-state index is 14.1. The normalized spacial score (nSPS) is 24.3. The van der Waals surface area contributed by atoms with Crippen molar-refractivity contribution in [3.63, 3.8) is 0 Å². The largest absolute Gasteiger partial charge is 0.472 e. The number of carbonyl (C=O) groups is 1. The number of nitrogens with zero attached hydrogens (tertiary/aromatic N) is 5. The highest BCUT2D eigenvalue weighted by atomic mass is 19.4. The molecular formula is C22H19F4N5O2. The van der Waals surface area contributed by atoms with Crippen LogP contribution in [0, 0.1) is 11.7 Å². The molecule has 0 radical (unpaired) electrons. The lowest BCUT2D eigenvalue weighted by atomic mass is 9.98. The van der Waals surface area contributed by atoms with Crippen LogP contribution in [0.25, 0.3) is 5.69 Å². The van der Waals surface area contributed by atoms with Crippen LogP contribution in [0.5, 0.6) is 5.88 Å². The quantitative estimate of drug-likeness (QED) is 0.552. The van der Waals surface area contributed by atoms with Crippen molar-refractivity contribution in [2.24, 2.45) is 5.92 Å². The van der Waals surface area contributed by atoms with Gasteiger partial charge in [-0.1, -0.05) is 0 Å². The minimum absolute atomic E-state index is 0.0628. The zero-order chi connectivity index (χ0) is 23.3. The highest BCUT2D eigenvalue weighted by molar-refractivity contribution is 5.98. The van der Waals surface area contributed by atoms with Gasteiger partial charge in [0.1, 0.15) is 11.9 Å². The molecule has 5 rings (SSSR count). The summed E-state index contributed by atoms with van der Waals surface area (Å²) in [6.07, 6.45) is 0.0576. The van der Waals surface area contributed by atoms with E-state index < -0.39 is 23.7 Å². The zero-order valence-corrected chi connectivity index (χ0v) is 17.4. The third-order valence-corrected chi connectivity index (χ3v) is 6.38. The number of hydrogen-bond donors (Lipinski definition) is 0. The van der Waals surface area contributed by atoms with Crippen molar-refractivity contribution in [2.45, 2.75) is 44.1 Å². The summed E-state index contributed by atoms with van der Waals surface area (Å²) in [5.74, 6) is -0.727. The summed E-state index contributed by atoms with van der Waals surface area (Å²) in [7, 11) is 0. The van der Waals surface area contributed by atoms with Crippen molar-refractivity contribution in [1.82, 2.24) is 24.9 Å². The molecule has 1 aliphatic carbocycles. The van der Waals surface area contributed by atoms with E-state index >= 15 is 0 Å². The molecule has 1 saturated heterocycles. The van der Waals surface area contributed by atoms with Crippen molar-refractivity contribution in [2.75, 3.05) is 0 Å². The van der Waals surface area contributed by atoms with Gasteiger partial charge in [0.25, 0.3) is 5.91 Å². The van der Waals surface area contributed by atoms with Crippen molar-refractivity contribution >= 4 is 5.91 Å². The number of amides is 1. The average Bonchev–Trinajstić information content (AvgIpc) is 3.50. The first kappa shape index (κ1) is 21.4. The second-order valence-electron chi connectivity index (χ2n) is 8.27. The number of aromatic nitrogens is 4. The van der Waals surface area contributed by atoms with Gasteiger partial charge in [-0.2, -0.15) is 28.2 Å². The molecule has 172 valence electrons. The molecule has 7 nitrogen and oxygen atoms in total. The van der Waals surface area contributed by atoms with Crippen molar-refractivity contribution < 1.29 is 27.1 Å². The summed E-state index contributed by atoms with van der Waals surface area (Å²) in [6.45, 7) is 1.93. The van der Waals surface area contributed by atoms with Gasteiger partial charge in [0.2, 0.25) is 5.88 Å². The van der Waals surface area contributed by atoms with E-state index in [2.05, 4.69) is 15.2 Å². The van der Waals surface area contributed by atoms with Crippen molar-refractivity contribution in [1.29, 1.82) is 0 Å². The minimum atomic E-state index is -4.48. The lowest BCUT2D eigenvalue weighted by Gasteiger charge is -2.38. The Balaban J connectivity index is 1.40. The summed E-state index contributed by atoms with van der Waals surface area (Å²) < 4.78 is 58.3. The Morgan fingerprint density at radius 3 is 2.52 bits per heavy atom. The molecule has 33 heavy (non-hydrogen) atoms. The maximum absolute atomic E-state index is 14.1. The molecule has 3 aromatic rings. The molecule has 2 bridgehead atoms. The Labute approximate surface area is 186 Å². The summed E-state index contributed by atoms with van der Waals surface area (Å²) in [5.41, 5.74) is -0.390. The van der Waals surface area contributed by atoms with Gasteiger partial charge in [-0.15, -0.1) is 0 Å². The highest BCUT2D eigenvalue weighted by Gasteiger charge is 2.53. The molecule has 1 saturated carbocycles. The third kappa shape index (κ3) is 3.81. The summed E-state index contributed by atoms with van der Waals surface area (Å²) >= 11 is 0. The number of hydrogen-bond acceptors (Lipinski definition) is 5. The van der Waals surface area contributed by atoms with Crippen LogP contribution in [0.1, 0.15) is 35.7 Å². The smallest absolute Gasteiger partial charge is 0.417 e. The van der Waals surface area contributed by atoms with E-state index in [1.165, 1.54) is 35.4 Å². The number of carbonyl (C=O) groups excluding carboxylic acids is 1. The number of rotatable bonds is 4. The predicted octanol–water partition coefficient (Wildman–Crippen LogP) is 3.89. The van der Waals surface area contributed by atoms with Crippen molar-refractivity contribution in [3.8, 4) is 11.6 Å². The first-order valence-electron chi connectivity index (χ1n) is 10.4. The Hall–Kier alpha value is -3.50. The molecule has 4 atom stereocenters. The van der Waals surface area contributed by atoms with E-state index in [-0.39, 0.29) is 35.4 Å². The number of alkyl halides is 3. The Bertz CT molecular complexity index is 1170. The van der Waals surface area contributed by atoms with Crippen molar-refractivity contribution in [3.05, 3.63) is 65.9 Å². The second-order valence-corrected chi connectivity index (χ2v) is 8.27. The van der Waals surface area contributed by atoms with Crippen LogP contribution >= 0.6 is 0 Å². The predicted molar refractivity (Wildman–Crippen MR) is 107 cm³/mol. The molecule has 0 spiro atoms. The van der Waals surface area contributed by atoms with E-state index in [1.54, 1.807) is 4.90 Å². The van der Waals surface area contributed by atoms with E-state index in [1.807, 2.05) is 6.92 Å². The van der Waals surface area contributed by atoms with Crippen LogP contribution < -0.4 is 4.74 Å². The summed E-state index contributed by atoms with van der Waals surface area (Å²) in [4.78, 5) is 20.3. The molecule has 1 aliphatic heterocycles. The summed E-state index contributed by atoms with van der Waals surface area (Å²) in [5, 5.41) is 8.09. The number of fused-ring (bicyclic) bond motifs is 2. The fraction of sp³-hybridized carbons (Fsp3) is 0.364. The van der Waals surface area contributed by atoms with Gasteiger partial charge in [-0.05, 0) is 49.9 Å². The molecule has 2 fully saturated rings. The average molecular weight is 461 g/mol. The number of piperidine rings is 1. The van der Waals surface area contributed by atoms with Crippen LogP contribution in [0.2, 0.25) is 0 Å². The fourth-order valence-corrected chi connectivity index (χ4v) is 4.80. The van der Waals surface area contributed by atoms with Gasteiger partial charge < -0.3 is 9.64 Å². The lowest BCUT2D eigenvalue weighted by Crippen LogP contribution is -2.51. The number of halogens is 4. The maximum Gasteiger partial charge on any atom is 0.417 e. The number of ether oxygens (including phenoxy) is 1. The van der Waals surface area contributed by atoms with Crippen LogP contribution in [-0.4, -0.2) is 49.0 Å². The van der Waals surface area contributed by atoms with Crippen LogP contribution in [0.4, 0.5) is 17.6 Å². The van der Waals surface area contributed by atoms with Gasteiger partial charge in [-0.25, -0.2) is 9.37 Å². The lowest BCUT2D eigenvalue weighted by molar-refractivity contribution is -0.137. The van der Waals surface area contributed by atoms with Gasteiger partial charge >= 0.3 is 6.18 Å². The van der Waals surface area contributed by atoms with Gasteiger partial charge in [0.05, 0.1) is 35.2 Å². The minimum Gasteiger partial charge on any atom is -0.472 e. The molecule has 3 heterocycles. The molecule has 1 aromatic carbocycles. The Morgan fingerprint density at radius 2 is 1.88 bits per heavy atom. The Morgan fingerprint density at radius 1 is 1.12 bits per heavy atom. The molecule has 1 amide bonds. The molecule has 2 aliphatic rings. The molecule has 2 aromatic heterocycles. The zero-order valence-electron chi connectivity index (χ0n) is 17.4. The van der Waals surface area contributed by atoms with Gasteiger partial charge in [0, 0.05) is 18.3 Å². The highest BCUT2D eigenvalue weighted by Crippen LogP contribution is 2.45. The second kappa shape index (κ2) is 7.82. The molecular weight excluding hydrogens is 442 g/mol. The molecule has 0 unspecified atom stereocenters. The van der Waals surface area contributed by atoms with Crippen LogP contribution in [0.3, 0.4) is 0 Å². The van der Waals surface area contributed by atoms with Gasteiger partial charge in [0.15, 0.2) is 0 Å². The number of likely N-dealkylation sites (tertiary alicyclic amines) is 1. The monoisotopic (exact) mass is 461 g/mol. The Kier molecular flexibility index (Phi) is 5.06. The number of pyridine rings is 1. The van der Waals surface area contributed by atoms with E-state index in [9.17, 15) is 22.4 Å². The topological polar surface area (TPSA) is 73.1 Å².